The zero-order valence-corrected chi connectivity index (χ0v) is 18.8. The highest BCUT2D eigenvalue weighted by Crippen LogP contribution is 2.30. The Kier molecular flexibility index (Phi) is 6.80. The molecule has 1 unspecified atom stereocenters. The Balaban J connectivity index is 1.46. The number of benzene rings is 3. The quantitative estimate of drug-likeness (QED) is 0.337. The van der Waals surface area contributed by atoms with Gasteiger partial charge >= 0.3 is 0 Å². The molecule has 0 spiro atoms. The highest BCUT2D eigenvalue weighted by molar-refractivity contribution is 7.15. The maximum absolute atomic E-state index is 12.9. The summed E-state index contributed by atoms with van der Waals surface area (Å²) in [6.45, 7) is 2.09. The predicted molar refractivity (Wildman–Crippen MR) is 129 cm³/mol. The topological polar surface area (TPSA) is 42.0 Å². The van der Waals surface area contributed by atoms with Crippen LogP contribution in [0.1, 0.15) is 39.5 Å². The van der Waals surface area contributed by atoms with E-state index in [1.54, 1.807) is 0 Å². The van der Waals surface area contributed by atoms with Gasteiger partial charge in [0.1, 0.15) is 0 Å². The number of carbonyl (C=O) groups is 1. The first-order chi connectivity index (χ1) is 15.1. The SMILES string of the molecule is Cc1cccc(Cc2cnc(NC(=O)CC(c3ccccc3)c3ccc(Cl)cc3)s2)c1. The summed E-state index contributed by atoms with van der Waals surface area (Å²) >= 11 is 7.58. The number of halogens is 1. The Morgan fingerprint density at radius 1 is 1.00 bits per heavy atom. The number of anilines is 1. The first-order valence-corrected chi connectivity index (χ1v) is 11.4. The summed E-state index contributed by atoms with van der Waals surface area (Å²) in [5.74, 6) is -0.106. The summed E-state index contributed by atoms with van der Waals surface area (Å²) in [5.41, 5.74) is 4.64. The molecule has 1 aromatic heterocycles. The van der Waals surface area contributed by atoms with Gasteiger partial charge in [-0.2, -0.15) is 0 Å². The van der Waals surface area contributed by atoms with Crippen molar-refractivity contribution in [1.82, 2.24) is 4.98 Å². The summed E-state index contributed by atoms with van der Waals surface area (Å²) in [5, 5.41) is 4.30. The Bertz CT molecular complexity index is 1160. The van der Waals surface area contributed by atoms with Gasteiger partial charge in [-0.25, -0.2) is 4.98 Å². The third kappa shape index (κ3) is 5.81. The lowest BCUT2D eigenvalue weighted by atomic mass is 9.88. The Labute approximate surface area is 191 Å². The van der Waals surface area contributed by atoms with Crippen LogP contribution >= 0.6 is 22.9 Å². The summed E-state index contributed by atoms with van der Waals surface area (Å²) in [7, 11) is 0. The second-order valence-electron chi connectivity index (χ2n) is 7.56. The van der Waals surface area contributed by atoms with Crippen LogP contribution < -0.4 is 5.32 Å². The van der Waals surface area contributed by atoms with Crippen LogP contribution in [0.15, 0.2) is 85.1 Å². The van der Waals surface area contributed by atoms with E-state index in [-0.39, 0.29) is 11.8 Å². The summed E-state index contributed by atoms with van der Waals surface area (Å²) in [6, 6.07) is 26.2. The molecule has 156 valence electrons. The second kappa shape index (κ2) is 9.90. The first-order valence-electron chi connectivity index (χ1n) is 10.2. The minimum atomic E-state index is -0.0553. The number of thiazole rings is 1. The standard InChI is InChI=1S/C26H23ClN2OS/c1-18-6-5-7-19(14-18)15-23-17-28-26(31-23)29-25(30)16-24(20-8-3-2-4-9-20)21-10-12-22(27)13-11-21/h2-14,17,24H,15-16H2,1H3,(H,28,29,30). The zero-order valence-electron chi connectivity index (χ0n) is 17.2. The normalized spacial score (nSPS) is 11.8. The number of aromatic nitrogens is 1. The number of aryl methyl sites for hydroxylation is 1. The van der Waals surface area contributed by atoms with Crippen molar-refractivity contribution in [1.29, 1.82) is 0 Å². The van der Waals surface area contributed by atoms with E-state index in [1.807, 2.05) is 48.7 Å². The fourth-order valence-corrected chi connectivity index (χ4v) is 4.62. The van der Waals surface area contributed by atoms with E-state index in [2.05, 4.69) is 53.6 Å². The summed E-state index contributed by atoms with van der Waals surface area (Å²) in [6.07, 6.45) is 2.99. The molecule has 1 amide bonds. The Hall–Kier alpha value is -2.95. The highest BCUT2D eigenvalue weighted by atomic mass is 35.5. The van der Waals surface area contributed by atoms with Gasteiger partial charge in [0.25, 0.3) is 0 Å². The lowest BCUT2D eigenvalue weighted by Crippen LogP contribution is -2.16. The van der Waals surface area contributed by atoms with Crippen molar-refractivity contribution in [3.05, 3.63) is 117 Å². The molecule has 0 saturated heterocycles. The van der Waals surface area contributed by atoms with Crippen LogP contribution in [-0.2, 0) is 11.2 Å². The number of nitrogens with zero attached hydrogens (tertiary/aromatic N) is 1. The largest absolute Gasteiger partial charge is 0.302 e. The summed E-state index contributed by atoms with van der Waals surface area (Å²) in [4.78, 5) is 18.4. The molecule has 4 aromatic rings. The van der Waals surface area contributed by atoms with Gasteiger partial charge in [0.15, 0.2) is 5.13 Å². The van der Waals surface area contributed by atoms with Gasteiger partial charge in [-0.05, 0) is 35.7 Å². The number of hydrogen-bond donors (Lipinski definition) is 1. The minimum Gasteiger partial charge on any atom is -0.302 e. The van der Waals surface area contributed by atoms with Crippen molar-refractivity contribution in [3.8, 4) is 0 Å². The third-order valence-electron chi connectivity index (χ3n) is 5.12. The fourth-order valence-electron chi connectivity index (χ4n) is 3.63. The van der Waals surface area contributed by atoms with Gasteiger partial charge in [-0.15, -0.1) is 11.3 Å². The Morgan fingerprint density at radius 2 is 1.74 bits per heavy atom. The number of hydrogen-bond acceptors (Lipinski definition) is 3. The number of rotatable bonds is 7. The first kappa shape index (κ1) is 21.3. The van der Waals surface area contributed by atoms with E-state index in [9.17, 15) is 4.79 Å². The maximum Gasteiger partial charge on any atom is 0.227 e. The molecule has 0 saturated carbocycles. The Morgan fingerprint density at radius 3 is 2.48 bits per heavy atom. The van der Waals surface area contributed by atoms with Crippen molar-refractivity contribution in [2.75, 3.05) is 5.32 Å². The molecule has 3 nitrogen and oxygen atoms in total. The van der Waals surface area contributed by atoms with Crippen LogP contribution in [0, 0.1) is 6.92 Å². The number of nitrogens with one attached hydrogen (secondary N) is 1. The molecule has 5 heteroatoms. The summed E-state index contributed by atoms with van der Waals surface area (Å²) < 4.78 is 0. The third-order valence-corrected chi connectivity index (χ3v) is 6.29. The molecule has 3 aromatic carbocycles. The van der Waals surface area contributed by atoms with Gasteiger partial charge < -0.3 is 5.32 Å². The van der Waals surface area contributed by atoms with E-state index in [0.29, 0.717) is 16.6 Å². The van der Waals surface area contributed by atoms with E-state index in [1.165, 1.54) is 22.5 Å². The van der Waals surface area contributed by atoms with Crippen molar-refractivity contribution < 1.29 is 4.79 Å². The van der Waals surface area contributed by atoms with E-state index in [4.69, 9.17) is 11.6 Å². The van der Waals surface area contributed by atoms with Crippen LogP contribution in [0.2, 0.25) is 5.02 Å². The average Bonchev–Trinajstić information content (AvgIpc) is 3.20. The average molecular weight is 447 g/mol. The molecular weight excluding hydrogens is 424 g/mol. The van der Waals surface area contributed by atoms with Crippen molar-refractivity contribution >= 4 is 34.0 Å². The molecule has 0 aliphatic heterocycles. The van der Waals surface area contributed by atoms with Gasteiger partial charge in [0, 0.05) is 34.9 Å². The van der Waals surface area contributed by atoms with E-state index >= 15 is 0 Å². The minimum absolute atomic E-state index is 0.0507. The second-order valence-corrected chi connectivity index (χ2v) is 9.12. The molecule has 0 radical (unpaired) electrons. The van der Waals surface area contributed by atoms with Crippen LogP contribution in [-0.4, -0.2) is 10.9 Å². The number of carbonyl (C=O) groups excluding carboxylic acids is 1. The van der Waals surface area contributed by atoms with Gasteiger partial charge in [-0.1, -0.05) is 83.9 Å². The van der Waals surface area contributed by atoms with Crippen LogP contribution in [0.3, 0.4) is 0 Å². The molecule has 31 heavy (non-hydrogen) atoms. The monoisotopic (exact) mass is 446 g/mol. The van der Waals surface area contributed by atoms with Crippen LogP contribution in [0.5, 0.6) is 0 Å². The highest BCUT2D eigenvalue weighted by Gasteiger charge is 2.19. The molecule has 1 heterocycles. The van der Waals surface area contributed by atoms with Gasteiger partial charge in [0.05, 0.1) is 0 Å². The molecular formula is C26H23ClN2OS. The van der Waals surface area contributed by atoms with E-state index < -0.39 is 0 Å². The van der Waals surface area contributed by atoms with Crippen LogP contribution in [0.25, 0.3) is 0 Å². The zero-order chi connectivity index (χ0) is 21.6. The molecule has 0 aliphatic rings. The molecule has 1 N–H and O–H groups in total. The van der Waals surface area contributed by atoms with Crippen molar-refractivity contribution in [2.24, 2.45) is 0 Å². The number of amides is 1. The van der Waals surface area contributed by atoms with Crippen molar-refractivity contribution in [2.45, 2.75) is 25.7 Å². The molecule has 0 aliphatic carbocycles. The maximum atomic E-state index is 12.9. The molecule has 1 atom stereocenters. The lowest BCUT2D eigenvalue weighted by molar-refractivity contribution is -0.116. The van der Waals surface area contributed by atoms with Crippen LogP contribution in [0.4, 0.5) is 5.13 Å². The molecule has 4 rings (SSSR count). The van der Waals surface area contributed by atoms with Crippen molar-refractivity contribution in [3.63, 3.8) is 0 Å². The van der Waals surface area contributed by atoms with Gasteiger partial charge in [-0.3, -0.25) is 4.79 Å². The predicted octanol–water partition coefficient (Wildman–Crippen LogP) is 6.86. The molecule has 0 bridgehead atoms. The smallest absolute Gasteiger partial charge is 0.227 e. The fraction of sp³-hybridized carbons (Fsp3) is 0.154. The molecule has 0 fully saturated rings. The lowest BCUT2D eigenvalue weighted by Gasteiger charge is -2.17. The van der Waals surface area contributed by atoms with E-state index in [0.717, 1.165) is 22.4 Å². The van der Waals surface area contributed by atoms with Gasteiger partial charge in [0.2, 0.25) is 5.91 Å².